The molecule has 1 spiro atoms. The van der Waals surface area contributed by atoms with Crippen LogP contribution in [0.3, 0.4) is 0 Å². The molecule has 3 fully saturated rings. The molecule has 9 nitrogen and oxygen atoms in total. The summed E-state index contributed by atoms with van der Waals surface area (Å²) < 4.78 is 17.1. The van der Waals surface area contributed by atoms with Gasteiger partial charge in [0.2, 0.25) is 5.95 Å². The van der Waals surface area contributed by atoms with Crippen molar-refractivity contribution in [2.75, 3.05) is 67.7 Å². The normalized spacial score (nSPS) is 21.5. The Labute approximate surface area is 170 Å². The summed E-state index contributed by atoms with van der Waals surface area (Å²) in [5, 5.41) is 11.7. The molecular weight excluding hydrogens is 372 g/mol. The molecule has 0 saturated carbocycles. The fourth-order valence-electron chi connectivity index (χ4n) is 4.14. The van der Waals surface area contributed by atoms with Gasteiger partial charge in [0.05, 0.1) is 44.0 Å². The molecule has 29 heavy (non-hydrogen) atoms. The smallest absolute Gasteiger partial charge is 0.249 e. The molecule has 1 aromatic heterocycles. The van der Waals surface area contributed by atoms with Gasteiger partial charge in [-0.25, -0.2) is 0 Å². The molecule has 3 saturated heterocycles. The number of piperidine rings is 1. The Kier molecular flexibility index (Phi) is 5.17. The number of aromatic nitrogens is 3. The van der Waals surface area contributed by atoms with E-state index in [2.05, 4.69) is 31.4 Å². The highest BCUT2D eigenvalue weighted by atomic mass is 16.7. The van der Waals surface area contributed by atoms with Crippen LogP contribution in [0.1, 0.15) is 12.8 Å². The highest BCUT2D eigenvalue weighted by Crippen LogP contribution is 2.33. The minimum atomic E-state index is -0.394. The summed E-state index contributed by atoms with van der Waals surface area (Å²) in [4.78, 5) is 9.24. The monoisotopic (exact) mass is 398 g/mol. The van der Waals surface area contributed by atoms with Crippen LogP contribution in [0.5, 0.6) is 0 Å². The van der Waals surface area contributed by atoms with Crippen molar-refractivity contribution in [3.05, 3.63) is 30.5 Å². The molecular formula is C20H26N6O3. The number of nitrogens with zero attached hydrogens (tertiary/aromatic N) is 5. The van der Waals surface area contributed by atoms with Crippen molar-refractivity contribution < 1.29 is 14.2 Å². The van der Waals surface area contributed by atoms with E-state index in [1.807, 2.05) is 18.2 Å². The Morgan fingerprint density at radius 1 is 0.897 bits per heavy atom. The number of ether oxygens (including phenoxy) is 3. The van der Waals surface area contributed by atoms with Gasteiger partial charge in [-0.1, -0.05) is 12.1 Å². The van der Waals surface area contributed by atoms with Crippen LogP contribution in [-0.4, -0.2) is 73.6 Å². The van der Waals surface area contributed by atoms with Gasteiger partial charge in [0, 0.05) is 39.0 Å². The molecule has 0 amide bonds. The second-order valence-corrected chi connectivity index (χ2v) is 7.47. The van der Waals surface area contributed by atoms with Gasteiger partial charge >= 0.3 is 0 Å². The quantitative estimate of drug-likeness (QED) is 0.828. The van der Waals surface area contributed by atoms with Gasteiger partial charge in [-0.3, -0.25) is 0 Å². The van der Waals surface area contributed by atoms with Crippen LogP contribution in [-0.2, 0) is 14.2 Å². The minimum Gasteiger partial charge on any atom is -0.378 e. The Balaban J connectivity index is 1.30. The number of benzene rings is 1. The lowest BCUT2D eigenvalue weighted by atomic mass is 10.0. The highest BCUT2D eigenvalue weighted by Gasteiger charge is 2.40. The van der Waals surface area contributed by atoms with Gasteiger partial charge in [-0.15, -0.1) is 5.10 Å². The molecule has 1 N–H and O–H groups in total. The van der Waals surface area contributed by atoms with Gasteiger partial charge in [-0.05, 0) is 12.1 Å². The van der Waals surface area contributed by atoms with Gasteiger partial charge in [-0.2, -0.15) is 10.1 Å². The number of para-hydroxylation sites is 2. The lowest BCUT2D eigenvalue weighted by molar-refractivity contribution is -0.169. The van der Waals surface area contributed by atoms with Crippen LogP contribution in [0.4, 0.5) is 23.1 Å². The van der Waals surface area contributed by atoms with Crippen LogP contribution in [0.25, 0.3) is 0 Å². The van der Waals surface area contributed by atoms with E-state index >= 15 is 0 Å². The van der Waals surface area contributed by atoms with Crippen molar-refractivity contribution in [1.82, 2.24) is 15.2 Å². The van der Waals surface area contributed by atoms with E-state index in [0.717, 1.165) is 69.4 Å². The molecule has 0 aliphatic carbocycles. The second-order valence-electron chi connectivity index (χ2n) is 7.47. The van der Waals surface area contributed by atoms with Crippen LogP contribution >= 0.6 is 0 Å². The Hall–Kier alpha value is -2.49. The van der Waals surface area contributed by atoms with Crippen LogP contribution < -0.4 is 15.1 Å². The van der Waals surface area contributed by atoms with E-state index in [0.29, 0.717) is 19.2 Å². The van der Waals surface area contributed by atoms with Crippen molar-refractivity contribution >= 4 is 23.1 Å². The summed E-state index contributed by atoms with van der Waals surface area (Å²) in [6, 6.07) is 8.20. The predicted octanol–water partition coefficient (Wildman–Crippen LogP) is 1.80. The van der Waals surface area contributed by atoms with Gasteiger partial charge in [0.1, 0.15) is 0 Å². The van der Waals surface area contributed by atoms with Crippen molar-refractivity contribution in [2.24, 2.45) is 0 Å². The maximum absolute atomic E-state index is 5.82. The third kappa shape index (κ3) is 3.98. The topological polar surface area (TPSA) is 84.9 Å². The fraction of sp³-hybridized carbons (Fsp3) is 0.550. The molecule has 3 aliphatic heterocycles. The zero-order valence-corrected chi connectivity index (χ0v) is 16.4. The van der Waals surface area contributed by atoms with E-state index < -0.39 is 5.79 Å². The third-order valence-corrected chi connectivity index (χ3v) is 5.71. The molecule has 0 atom stereocenters. The lowest BCUT2D eigenvalue weighted by Crippen LogP contribution is -2.45. The second kappa shape index (κ2) is 8.10. The van der Waals surface area contributed by atoms with E-state index in [-0.39, 0.29) is 0 Å². The lowest BCUT2D eigenvalue weighted by Gasteiger charge is -2.37. The van der Waals surface area contributed by atoms with E-state index in [4.69, 9.17) is 19.2 Å². The Bertz CT molecular complexity index is 828. The van der Waals surface area contributed by atoms with Gasteiger partial charge in [0.25, 0.3) is 0 Å². The fourth-order valence-corrected chi connectivity index (χ4v) is 4.14. The molecule has 4 heterocycles. The zero-order chi connectivity index (χ0) is 19.5. The molecule has 3 aliphatic rings. The summed E-state index contributed by atoms with van der Waals surface area (Å²) in [6.45, 7) is 6.24. The Morgan fingerprint density at radius 3 is 2.45 bits per heavy atom. The van der Waals surface area contributed by atoms with Crippen molar-refractivity contribution in [3.63, 3.8) is 0 Å². The summed E-state index contributed by atoms with van der Waals surface area (Å²) in [7, 11) is 0. The van der Waals surface area contributed by atoms with Crippen LogP contribution in [0, 0.1) is 0 Å². The van der Waals surface area contributed by atoms with Crippen molar-refractivity contribution in [2.45, 2.75) is 18.6 Å². The number of anilines is 4. The molecule has 154 valence electrons. The summed E-state index contributed by atoms with van der Waals surface area (Å²) in [5.41, 5.74) is 2.10. The average molecular weight is 398 g/mol. The molecule has 9 heteroatoms. The van der Waals surface area contributed by atoms with E-state index in [9.17, 15) is 0 Å². The number of morpholine rings is 1. The first-order valence-electron chi connectivity index (χ1n) is 10.2. The highest BCUT2D eigenvalue weighted by molar-refractivity contribution is 5.73. The zero-order valence-electron chi connectivity index (χ0n) is 16.4. The van der Waals surface area contributed by atoms with Crippen LogP contribution in [0.15, 0.2) is 30.5 Å². The molecule has 0 radical (unpaired) electrons. The predicted molar refractivity (Wildman–Crippen MR) is 109 cm³/mol. The molecule has 5 rings (SSSR count). The standard InChI is InChI=1S/C20H26N6O3/c1-2-4-17(25-9-11-27-12-10-25)16(3-1)22-19-23-18(15-21-24-19)26-7-5-20(6-8-26)28-13-14-29-20/h1-4,15H,5-14H2,(H,22,23,24). The first-order chi connectivity index (χ1) is 14.3. The number of nitrogens with one attached hydrogen (secondary N) is 1. The van der Waals surface area contributed by atoms with E-state index in [1.54, 1.807) is 6.20 Å². The number of hydrogen-bond donors (Lipinski definition) is 1. The van der Waals surface area contributed by atoms with Crippen molar-refractivity contribution in [1.29, 1.82) is 0 Å². The maximum atomic E-state index is 5.82. The van der Waals surface area contributed by atoms with E-state index in [1.165, 1.54) is 0 Å². The molecule has 2 aromatic rings. The average Bonchev–Trinajstić information content (AvgIpc) is 3.23. The number of hydrogen-bond acceptors (Lipinski definition) is 9. The van der Waals surface area contributed by atoms with Gasteiger partial charge < -0.3 is 29.3 Å². The first kappa shape index (κ1) is 18.5. The van der Waals surface area contributed by atoms with Crippen molar-refractivity contribution in [3.8, 4) is 0 Å². The molecule has 0 unspecified atom stereocenters. The largest absolute Gasteiger partial charge is 0.378 e. The van der Waals surface area contributed by atoms with Crippen LogP contribution in [0.2, 0.25) is 0 Å². The molecule has 1 aromatic carbocycles. The molecule has 0 bridgehead atoms. The third-order valence-electron chi connectivity index (χ3n) is 5.71. The first-order valence-corrected chi connectivity index (χ1v) is 10.2. The minimum absolute atomic E-state index is 0.394. The van der Waals surface area contributed by atoms with Gasteiger partial charge in [0.15, 0.2) is 11.6 Å². The maximum Gasteiger partial charge on any atom is 0.249 e. The summed E-state index contributed by atoms with van der Waals surface area (Å²) in [6.07, 6.45) is 3.38. The summed E-state index contributed by atoms with van der Waals surface area (Å²) in [5.74, 6) is 0.922. The number of rotatable bonds is 4. The SMILES string of the molecule is c1ccc(N2CCOCC2)c(Nc2nncc(N3CCC4(CC3)OCCO4)n2)c1. The summed E-state index contributed by atoms with van der Waals surface area (Å²) >= 11 is 0. The Morgan fingerprint density at radius 2 is 1.66 bits per heavy atom.